The summed E-state index contributed by atoms with van der Waals surface area (Å²) in [5, 5.41) is 3.13. The first-order valence-corrected chi connectivity index (χ1v) is 9.25. The standard InChI is InChI=1S/C21H22ClN3O3/c1-13-10-11-17(22)18(12-13)28-15(3)20(26)23-19-14(2)24(4)25(21(19)27)16-8-6-5-7-9-16/h5-12,15H,1-4H3,(H,23,26). The number of benzene rings is 2. The van der Waals surface area contributed by atoms with Crippen molar-refractivity contribution in [2.45, 2.75) is 26.9 Å². The van der Waals surface area contributed by atoms with Crippen LogP contribution in [0.15, 0.2) is 53.3 Å². The van der Waals surface area contributed by atoms with Crippen molar-refractivity contribution in [2.24, 2.45) is 7.05 Å². The van der Waals surface area contributed by atoms with Crippen LogP contribution in [-0.4, -0.2) is 21.4 Å². The van der Waals surface area contributed by atoms with Crippen molar-refractivity contribution in [3.05, 3.63) is 75.2 Å². The van der Waals surface area contributed by atoms with Crippen LogP contribution >= 0.6 is 11.6 Å². The molecule has 2 aromatic carbocycles. The van der Waals surface area contributed by atoms with Gasteiger partial charge in [-0.3, -0.25) is 14.3 Å². The summed E-state index contributed by atoms with van der Waals surface area (Å²) in [6.45, 7) is 5.30. The number of amides is 1. The van der Waals surface area contributed by atoms with Crippen LogP contribution in [0.5, 0.6) is 5.75 Å². The Bertz CT molecular complexity index is 1070. The number of anilines is 1. The fraction of sp³-hybridized carbons (Fsp3) is 0.238. The van der Waals surface area contributed by atoms with Crippen LogP contribution in [-0.2, 0) is 11.8 Å². The molecular weight excluding hydrogens is 378 g/mol. The molecule has 146 valence electrons. The number of halogens is 1. The summed E-state index contributed by atoms with van der Waals surface area (Å²) in [7, 11) is 1.77. The van der Waals surface area contributed by atoms with E-state index in [-0.39, 0.29) is 11.2 Å². The van der Waals surface area contributed by atoms with E-state index < -0.39 is 12.0 Å². The Morgan fingerprint density at radius 1 is 1.14 bits per heavy atom. The summed E-state index contributed by atoms with van der Waals surface area (Å²) in [5.74, 6) is -0.000573. The minimum absolute atomic E-state index is 0.224. The van der Waals surface area contributed by atoms with Gasteiger partial charge in [-0.2, -0.15) is 0 Å². The van der Waals surface area contributed by atoms with Crippen LogP contribution in [0.2, 0.25) is 5.02 Å². The van der Waals surface area contributed by atoms with Gasteiger partial charge in [-0.05, 0) is 50.6 Å². The molecule has 1 aromatic heterocycles. The summed E-state index contributed by atoms with van der Waals surface area (Å²) >= 11 is 6.13. The van der Waals surface area contributed by atoms with Gasteiger partial charge in [0.1, 0.15) is 11.4 Å². The van der Waals surface area contributed by atoms with E-state index in [4.69, 9.17) is 16.3 Å². The molecule has 0 bridgehead atoms. The normalized spacial score (nSPS) is 11.9. The number of carbonyl (C=O) groups is 1. The highest BCUT2D eigenvalue weighted by Crippen LogP contribution is 2.26. The Hall–Kier alpha value is -2.99. The molecule has 28 heavy (non-hydrogen) atoms. The molecule has 6 nitrogen and oxygen atoms in total. The SMILES string of the molecule is Cc1ccc(Cl)c(OC(C)C(=O)Nc2c(C)n(C)n(-c3ccccc3)c2=O)c1. The minimum atomic E-state index is -0.830. The zero-order valence-electron chi connectivity index (χ0n) is 16.2. The van der Waals surface area contributed by atoms with Gasteiger partial charge < -0.3 is 10.1 Å². The molecule has 1 heterocycles. The lowest BCUT2D eigenvalue weighted by Crippen LogP contribution is -2.32. The monoisotopic (exact) mass is 399 g/mol. The van der Waals surface area contributed by atoms with Gasteiger partial charge in [-0.15, -0.1) is 0 Å². The lowest BCUT2D eigenvalue weighted by atomic mass is 10.2. The third-order valence-electron chi connectivity index (χ3n) is 4.56. The lowest BCUT2D eigenvalue weighted by molar-refractivity contribution is -0.122. The highest BCUT2D eigenvalue weighted by Gasteiger charge is 2.22. The largest absolute Gasteiger partial charge is 0.479 e. The molecule has 1 amide bonds. The molecule has 3 rings (SSSR count). The van der Waals surface area contributed by atoms with Gasteiger partial charge in [0.25, 0.3) is 11.5 Å². The summed E-state index contributed by atoms with van der Waals surface area (Å²) in [6.07, 6.45) is -0.830. The molecule has 0 spiro atoms. The van der Waals surface area contributed by atoms with Crippen molar-refractivity contribution < 1.29 is 9.53 Å². The number of hydrogen-bond donors (Lipinski definition) is 1. The van der Waals surface area contributed by atoms with Gasteiger partial charge in [-0.25, -0.2) is 4.68 Å². The second-order valence-corrected chi connectivity index (χ2v) is 7.03. The predicted octanol–water partition coefficient (Wildman–Crippen LogP) is 3.85. The van der Waals surface area contributed by atoms with E-state index in [0.29, 0.717) is 16.5 Å². The molecule has 0 aliphatic rings. The fourth-order valence-electron chi connectivity index (χ4n) is 2.88. The van der Waals surface area contributed by atoms with Crippen molar-refractivity contribution >= 4 is 23.2 Å². The topological polar surface area (TPSA) is 65.3 Å². The summed E-state index contributed by atoms with van der Waals surface area (Å²) in [6, 6.07) is 14.6. The average Bonchev–Trinajstić information content (AvgIpc) is 2.88. The molecule has 0 fully saturated rings. The molecule has 0 aliphatic carbocycles. The van der Waals surface area contributed by atoms with Crippen LogP contribution in [0.25, 0.3) is 5.69 Å². The number of para-hydroxylation sites is 1. The van der Waals surface area contributed by atoms with Crippen molar-refractivity contribution in [3.63, 3.8) is 0 Å². The number of hydrogen-bond acceptors (Lipinski definition) is 3. The Morgan fingerprint density at radius 3 is 2.50 bits per heavy atom. The number of nitrogens with zero attached hydrogens (tertiary/aromatic N) is 2. The van der Waals surface area contributed by atoms with Crippen LogP contribution in [0.1, 0.15) is 18.2 Å². The number of ether oxygens (including phenoxy) is 1. The zero-order valence-corrected chi connectivity index (χ0v) is 16.9. The number of carbonyl (C=O) groups excluding carboxylic acids is 1. The second kappa shape index (κ2) is 7.94. The summed E-state index contributed by atoms with van der Waals surface area (Å²) in [5.41, 5.74) is 2.25. The molecule has 0 saturated heterocycles. The maximum atomic E-state index is 12.9. The molecular formula is C21H22ClN3O3. The van der Waals surface area contributed by atoms with Crippen molar-refractivity contribution in [2.75, 3.05) is 5.32 Å². The molecule has 7 heteroatoms. The Kier molecular flexibility index (Phi) is 5.61. The minimum Gasteiger partial charge on any atom is -0.479 e. The highest BCUT2D eigenvalue weighted by molar-refractivity contribution is 6.32. The number of rotatable bonds is 5. The van der Waals surface area contributed by atoms with Gasteiger partial charge in [0, 0.05) is 7.05 Å². The molecule has 0 saturated carbocycles. The number of aryl methyl sites for hydroxylation is 1. The summed E-state index contributed by atoms with van der Waals surface area (Å²) < 4.78 is 8.91. The molecule has 1 N–H and O–H groups in total. The Labute approximate surface area is 168 Å². The number of aromatic nitrogens is 2. The molecule has 1 atom stereocenters. The molecule has 0 radical (unpaired) electrons. The van der Waals surface area contributed by atoms with E-state index in [1.165, 1.54) is 4.68 Å². The van der Waals surface area contributed by atoms with Gasteiger partial charge in [0.2, 0.25) is 0 Å². The number of nitrogens with one attached hydrogen (secondary N) is 1. The van der Waals surface area contributed by atoms with Crippen molar-refractivity contribution in [1.82, 2.24) is 9.36 Å². The Morgan fingerprint density at radius 2 is 1.82 bits per heavy atom. The van der Waals surface area contributed by atoms with E-state index in [2.05, 4.69) is 5.32 Å². The maximum absolute atomic E-state index is 12.9. The van der Waals surface area contributed by atoms with E-state index in [0.717, 1.165) is 11.3 Å². The summed E-state index contributed by atoms with van der Waals surface area (Å²) in [4.78, 5) is 25.5. The lowest BCUT2D eigenvalue weighted by Gasteiger charge is -2.15. The van der Waals surface area contributed by atoms with Crippen molar-refractivity contribution in [1.29, 1.82) is 0 Å². The van der Waals surface area contributed by atoms with Crippen LogP contribution in [0.4, 0.5) is 5.69 Å². The fourth-order valence-corrected chi connectivity index (χ4v) is 3.04. The van der Waals surface area contributed by atoms with Gasteiger partial charge in [0.15, 0.2) is 6.10 Å². The van der Waals surface area contributed by atoms with Gasteiger partial charge in [0.05, 0.1) is 16.4 Å². The molecule has 3 aromatic rings. The first kappa shape index (κ1) is 19.8. The Balaban J connectivity index is 1.84. The third kappa shape index (κ3) is 3.82. The maximum Gasteiger partial charge on any atom is 0.295 e. The zero-order chi connectivity index (χ0) is 20.4. The quantitative estimate of drug-likeness (QED) is 0.708. The molecule has 1 unspecified atom stereocenters. The predicted molar refractivity (Wildman–Crippen MR) is 111 cm³/mol. The van der Waals surface area contributed by atoms with E-state index in [1.54, 1.807) is 37.7 Å². The first-order valence-electron chi connectivity index (χ1n) is 8.87. The van der Waals surface area contributed by atoms with E-state index >= 15 is 0 Å². The van der Waals surface area contributed by atoms with Gasteiger partial charge >= 0.3 is 0 Å². The smallest absolute Gasteiger partial charge is 0.295 e. The van der Waals surface area contributed by atoms with E-state index in [9.17, 15) is 9.59 Å². The van der Waals surface area contributed by atoms with Crippen molar-refractivity contribution in [3.8, 4) is 11.4 Å². The van der Waals surface area contributed by atoms with E-state index in [1.807, 2.05) is 43.3 Å². The highest BCUT2D eigenvalue weighted by atomic mass is 35.5. The van der Waals surface area contributed by atoms with Gasteiger partial charge in [-0.1, -0.05) is 35.9 Å². The van der Waals surface area contributed by atoms with Crippen LogP contribution in [0, 0.1) is 13.8 Å². The van der Waals surface area contributed by atoms with Crippen LogP contribution < -0.4 is 15.6 Å². The average molecular weight is 400 g/mol. The second-order valence-electron chi connectivity index (χ2n) is 6.62. The van der Waals surface area contributed by atoms with Crippen LogP contribution in [0.3, 0.4) is 0 Å². The molecule has 0 aliphatic heterocycles. The first-order chi connectivity index (χ1) is 13.3. The third-order valence-corrected chi connectivity index (χ3v) is 4.87.